The van der Waals surface area contributed by atoms with Gasteiger partial charge >= 0.3 is 0 Å². The summed E-state index contributed by atoms with van der Waals surface area (Å²) in [6.45, 7) is 2.85. The molecule has 0 radical (unpaired) electrons. The molecule has 1 atom stereocenters. The number of rotatable bonds is 3. The summed E-state index contributed by atoms with van der Waals surface area (Å²) in [6, 6.07) is 5.00. The molecule has 2 aliphatic rings. The van der Waals surface area contributed by atoms with E-state index in [1.165, 1.54) is 19.3 Å². The highest BCUT2D eigenvalue weighted by atomic mass is 79.9. The molecule has 2 aliphatic heterocycles. The number of nitro benzene ring substituents is 1. The van der Waals surface area contributed by atoms with Crippen LogP contribution < -0.4 is 4.90 Å². The second kappa shape index (κ2) is 7.34. The maximum atomic E-state index is 11.0. The molecular weight excluding hydrogens is 398 g/mol. The summed E-state index contributed by atoms with van der Waals surface area (Å²) in [5.41, 5.74) is 1.12. The Morgan fingerprint density at radius 2 is 2.04 bits per heavy atom. The fourth-order valence-electron chi connectivity index (χ4n) is 4.08. The summed E-state index contributed by atoms with van der Waals surface area (Å²) in [6.07, 6.45) is 6.87. The molecule has 7 nitrogen and oxygen atoms in total. The van der Waals surface area contributed by atoms with Crippen molar-refractivity contribution in [2.24, 2.45) is 0 Å². The number of halogens is 1. The average Bonchev–Trinajstić information content (AvgIpc) is 2.90. The van der Waals surface area contributed by atoms with E-state index in [-0.39, 0.29) is 10.6 Å². The van der Waals surface area contributed by atoms with E-state index in [0.717, 1.165) is 60.7 Å². The number of piperidine rings is 1. The van der Waals surface area contributed by atoms with E-state index < -0.39 is 0 Å². The quantitative estimate of drug-likeness (QED) is 0.553. The number of non-ortho nitro benzene ring substituents is 1. The van der Waals surface area contributed by atoms with Crippen molar-refractivity contribution < 1.29 is 4.92 Å². The molecule has 1 saturated heterocycles. The van der Waals surface area contributed by atoms with Crippen molar-refractivity contribution in [1.29, 1.82) is 0 Å². The summed E-state index contributed by atoms with van der Waals surface area (Å²) >= 11 is 3.51. The van der Waals surface area contributed by atoms with Crippen LogP contribution in [0.4, 0.5) is 11.4 Å². The Morgan fingerprint density at radius 1 is 1.15 bits per heavy atom. The van der Waals surface area contributed by atoms with Crippen molar-refractivity contribution in [1.82, 2.24) is 14.8 Å². The molecule has 0 saturated carbocycles. The summed E-state index contributed by atoms with van der Waals surface area (Å²) in [4.78, 5) is 12.9. The molecule has 0 spiro atoms. The minimum atomic E-state index is -0.362. The van der Waals surface area contributed by atoms with Crippen LogP contribution in [-0.4, -0.2) is 32.8 Å². The molecule has 0 amide bonds. The zero-order valence-corrected chi connectivity index (χ0v) is 16.2. The summed E-state index contributed by atoms with van der Waals surface area (Å²) in [5.74, 6) is 2.60. The van der Waals surface area contributed by atoms with Gasteiger partial charge in [-0.3, -0.25) is 10.1 Å². The van der Waals surface area contributed by atoms with Crippen LogP contribution in [0.5, 0.6) is 0 Å². The van der Waals surface area contributed by atoms with Crippen LogP contribution in [0.2, 0.25) is 0 Å². The standard InChI is InChI=1S/C18H22BrN5O2/c19-15-11-14(24(25)26)7-8-16(15)22-9-4-5-13(12-22)18-21-20-17-6-2-1-3-10-23(17)18/h7-8,11,13H,1-6,9-10,12H2. The van der Waals surface area contributed by atoms with Crippen molar-refractivity contribution in [2.75, 3.05) is 18.0 Å². The smallest absolute Gasteiger partial charge is 0.270 e. The molecule has 0 N–H and O–H groups in total. The number of benzene rings is 1. The lowest BCUT2D eigenvalue weighted by Crippen LogP contribution is -2.35. The molecule has 3 heterocycles. The lowest BCUT2D eigenvalue weighted by Gasteiger charge is -2.34. The normalized spacial score (nSPS) is 20.5. The van der Waals surface area contributed by atoms with Crippen LogP contribution in [0.25, 0.3) is 0 Å². The number of nitrogens with zero attached hydrogens (tertiary/aromatic N) is 5. The molecule has 1 aromatic carbocycles. The van der Waals surface area contributed by atoms with Gasteiger partial charge in [0.2, 0.25) is 0 Å². The summed E-state index contributed by atoms with van der Waals surface area (Å²) in [5, 5.41) is 20.0. The number of aryl methyl sites for hydroxylation is 1. The first kappa shape index (κ1) is 17.5. The van der Waals surface area contributed by atoms with Gasteiger partial charge in [-0.1, -0.05) is 6.42 Å². The first-order valence-corrected chi connectivity index (χ1v) is 10.0. The first-order valence-electron chi connectivity index (χ1n) is 9.24. The first-order chi connectivity index (χ1) is 12.6. The van der Waals surface area contributed by atoms with E-state index in [4.69, 9.17) is 0 Å². The Hall–Kier alpha value is -1.96. The monoisotopic (exact) mass is 419 g/mol. The van der Waals surface area contributed by atoms with Crippen LogP contribution in [0, 0.1) is 10.1 Å². The molecule has 138 valence electrons. The Labute approximate surface area is 160 Å². The summed E-state index contributed by atoms with van der Waals surface area (Å²) in [7, 11) is 0. The molecule has 4 rings (SSSR count). The van der Waals surface area contributed by atoms with Gasteiger partial charge in [0.15, 0.2) is 0 Å². The molecule has 1 fully saturated rings. The number of hydrogen-bond acceptors (Lipinski definition) is 5. The molecular formula is C18H22BrN5O2. The predicted molar refractivity (Wildman–Crippen MR) is 103 cm³/mol. The number of hydrogen-bond donors (Lipinski definition) is 0. The van der Waals surface area contributed by atoms with Gasteiger partial charge in [-0.15, -0.1) is 10.2 Å². The minimum Gasteiger partial charge on any atom is -0.370 e. The van der Waals surface area contributed by atoms with E-state index in [9.17, 15) is 10.1 Å². The Morgan fingerprint density at radius 3 is 2.85 bits per heavy atom. The maximum Gasteiger partial charge on any atom is 0.270 e. The molecule has 26 heavy (non-hydrogen) atoms. The Bertz CT molecular complexity index is 822. The van der Waals surface area contributed by atoms with Crippen molar-refractivity contribution in [3.63, 3.8) is 0 Å². The topological polar surface area (TPSA) is 77.1 Å². The van der Waals surface area contributed by atoms with Gasteiger partial charge in [0.25, 0.3) is 5.69 Å². The SMILES string of the molecule is O=[N+]([O-])c1ccc(N2CCCC(c3nnc4n3CCCCC4)C2)c(Br)c1. The average molecular weight is 420 g/mol. The minimum absolute atomic E-state index is 0.108. The van der Waals surface area contributed by atoms with Gasteiger partial charge < -0.3 is 9.47 Å². The highest BCUT2D eigenvalue weighted by Gasteiger charge is 2.28. The lowest BCUT2D eigenvalue weighted by atomic mass is 9.96. The van der Waals surface area contributed by atoms with Crippen molar-refractivity contribution in [3.05, 3.63) is 44.4 Å². The molecule has 1 aromatic heterocycles. The number of aromatic nitrogens is 3. The third kappa shape index (κ3) is 3.34. The fraction of sp³-hybridized carbons (Fsp3) is 0.556. The van der Waals surface area contributed by atoms with Crippen LogP contribution in [0.1, 0.15) is 49.7 Å². The zero-order valence-electron chi connectivity index (χ0n) is 14.6. The van der Waals surface area contributed by atoms with E-state index >= 15 is 0 Å². The van der Waals surface area contributed by atoms with Gasteiger partial charge in [0.05, 0.1) is 10.6 Å². The molecule has 2 aromatic rings. The highest BCUT2D eigenvalue weighted by Crippen LogP contribution is 2.35. The lowest BCUT2D eigenvalue weighted by molar-refractivity contribution is -0.384. The van der Waals surface area contributed by atoms with Gasteiger partial charge in [0, 0.05) is 48.6 Å². The van der Waals surface area contributed by atoms with Crippen LogP contribution in [0.15, 0.2) is 22.7 Å². The van der Waals surface area contributed by atoms with Crippen molar-refractivity contribution >= 4 is 27.3 Å². The third-order valence-corrected chi connectivity index (χ3v) is 6.04. The maximum absolute atomic E-state index is 11.0. The van der Waals surface area contributed by atoms with Gasteiger partial charge in [0.1, 0.15) is 11.6 Å². The van der Waals surface area contributed by atoms with Crippen LogP contribution in [0.3, 0.4) is 0 Å². The van der Waals surface area contributed by atoms with E-state index in [1.54, 1.807) is 12.1 Å². The number of anilines is 1. The summed E-state index contributed by atoms with van der Waals surface area (Å²) < 4.78 is 3.11. The second-order valence-electron chi connectivity index (χ2n) is 7.11. The predicted octanol–water partition coefficient (Wildman–Crippen LogP) is 4.06. The largest absolute Gasteiger partial charge is 0.370 e. The Balaban J connectivity index is 1.57. The molecule has 0 bridgehead atoms. The van der Waals surface area contributed by atoms with Crippen LogP contribution in [-0.2, 0) is 13.0 Å². The third-order valence-electron chi connectivity index (χ3n) is 5.41. The molecule has 8 heteroatoms. The van der Waals surface area contributed by atoms with E-state index in [2.05, 4.69) is 35.6 Å². The Kier molecular flexibility index (Phi) is 4.93. The molecule has 1 unspecified atom stereocenters. The molecule has 0 aliphatic carbocycles. The highest BCUT2D eigenvalue weighted by molar-refractivity contribution is 9.10. The number of fused-ring (bicyclic) bond motifs is 1. The van der Waals surface area contributed by atoms with Crippen LogP contribution >= 0.6 is 15.9 Å². The second-order valence-corrected chi connectivity index (χ2v) is 7.97. The van der Waals surface area contributed by atoms with Gasteiger partial charge in [-0.05, 0) is 47.7 Å². The van der Waals surface area contributed by atoms with E-state index in [1.807, 2.05) is 6.07 Å². The van der Waals surface area contributed by atoms with Crippen molar-refractivity contribution in [3.8, 4) is 0 Å². The van der Waals surface area contributed by atoms with Crippen molar-refractivity contribution in [2.45, 2.75) is 51.0 Å². The van der Waals surface area contributed by atoms with Gasteiger partial charge in [-0.2, -0.15) is 0 Å². The zero-order chi connectivity index (χ0) is 18.1. The van der Waals surface area contributed by atoms with E-state index in [0.29, 0.717) is 5.92 Å². The van der Waals surface area contributed by atoms with Gasteiger partial charge in [-0.25, -0.2) is 0 Å². The number of nitro groups is 1. The fourth-order valence-corrected chi connectivity index (χ4v) is 4.70.